The van der Waals surface area contributed by atoms with Crippen molar-refractivity contribution in [2.45, 2.75) is 57.9 Å². The summed E-state index contributed by atoms with van der Waals surface area (Å²) in [6.07, 6.45) is 3.42. The van der Waals surface area contributed by atoms with Crippen LogP contribution in [0.25, 0.3) is 0 Å². The summed E-state index contributed by atoms with van der Waals surface area (Å²) in [6, 6.07) is 0.348. The van der Waals surface area contributed by atoms with Crippen LogP contribution in [0.5, 0.6) is 0 Å². The molecular formula is C15H25N3O2S. The summed E-state index contributed by atoms with van der Waals surface area (Å²) >= 11 is 2.01. The Morgan fingerprint density at radius 1 is 1.48 bits per heavy atom. The molecular weight excluding hydrogens is 286 g/mol. The van der Waals surface area contributed by atoms with Crippen molar-refractivity contribution in [2.24, 2.45) is 0 Å². The molecule has 0 unspecified atom stereocenters. The van der Waals surface area contributed by atoms with Gasteiger partial charge in [0.25, 0.3) is 0 Å². The molecule has 2 atom stereocenters. The molecule has 0 bridgehead atoms. The van der Waals surface area contributed by atoms with Gasteiger partial charge in [0.1, 0.15) is 5.76 Å². The van der Waals surface area contributed by atoms with Crippen molar-refractivity contribution in [3.8, 4) is 0 Å². The molecule has 1 aromatic rings. The average Bonchev–Trinajstić information content (AvgIpc) is 3.04. The number of aryl methyl sites for hydroxylation is 2. The van der Waals surface area contributed by atoms with Gasteiger partial charge < -0.3 is 14.7 Å². The fraction of sp³-hybridized carbons (Fsp3) is 0.733. The molecule has 0 saturated heterocycles. The smallest absolute Gasteiger partial charge is 0.317 e. The van der Waals surface area contributed by atoms with E-state index in [2.05, 4.69) is 17.4 Å². The van der Waals surface area contributed by atoms with Crippen molar-refractivity contribution in [3.63, 3.8) is 0 Å². The van der Waals surface area contributed by atoms with E-state index >= 15 is 0 Å². The zero-order valence-corrected chi connectivity index (χ0v) is 14.1. The number of thioether (sulfide) groups is 1. The lowest BCUT2D eigenvalue weighted by Gasteiger charge is -2.25. The van der Waals surface area contributed by atoms with Gasteiger partial charge in [0.05, 0.1) is 5.69 Å². The Bertz CT molecular complexity index is 470. The Morgan fingerprint density at radius 2 is 2.24 bits per heavy atom. The van der Waals surface area contributed by atoms with Crippen LogP contribution in [0.1, 0.15) is 43.2 Å². The number of amides is 2. The molecule has 6 heteroatoms. The second-order valence-electron chi connectivity index (χ2n) is 5.62. The molecule has 0 aromatic carbocycles. The molecule has 1 aromatic heterocycles. The fourth-order valence-electron chi connectivity index (χ4n) is 2.87. The standard InChI is InChI=1S/C15H25N3O2S/c1-5-21-13-7-6-12(8-13)18(4)15(19)16-9-14-10(2)17-20-11(14)3/h12-13H,5-9H2,1-4H3,(H,16,19)/t12-,13+/m1/s1. The van der Waals surface area contributed by atoms with Gasteiger partial charge in [-0.3, -0.25) is 0 Å². The summed E-state index contributed by atoms with van der Waals surface area (Å²) < 4.78 is 5.11. The van der Waals surface area contributed by atoms with E-state index in [-0.39, 0.29) is 6.03 Å². The second kappa shape index (κ2) is 7.20. The van der Waals surface area contributed by atoms with Gasteiger partial charge in [-0.05, 0) is 38.9 Å². The van der Waals surface area contributed by atoms with Gasteiger partial charge in [0.15, 0.2) is 0 Å². The Balaban J connectivity index is 1.83. The molecule has 2 amide bonds. The molecule has 21 heavy (non-hydrogen) atoms. The molecule has 118 valence electrons. The SMILES string of the molecule is CCS[C@H]1CC[C@@H](N(C)C(=O)NCc2c(C)noc2C)C1. The molecule has 1 saturated carbocycles. The quantitative estimate of drug-likeness (QED) is 0.908. The third-order valence-corrected chi connectivity index (χ3v) is 5.46. The first-order chi connectivity index (χ1) is 10.0. The van der Waals surface area contributed by atoms with Crippen molar-refractivity contribution in [1.82, 2.24) is 15.4 Å². The highest BCUT2D eigenvalue weighted by Crippen LogP contribution is 2.32. The molecule has 1 aliphatic carbocycles. The predicted octanol–water partition coefficient (Wildman–Crippen LogP) is 3.11. The highest BCUT2D eigenvalue weighted by molar-refractivity contribution is 7.99. The second-order valence-corrected chi connectivity index (χ2v) is 7.19. The summed E-state index contributed by atoms with van der Waals surface area (Å²) in [7, 11) is 1.90. The molecule has 0 aliphatic heterocycles. The van der Waals surface area contributed by atoms with Crippen molar-refractivity contribution >= 4 is 17.8 Å². The lowest BCUT2D eigenvalue weighted by molar-refractivity contribution is 0.190. The van der Waals surface area contributed by atoms with Crippen LogP contribution in [0.3, 0.4) is 0 Å². The molecule has 5 nitrogen and oxygen atoms in total. The van der Waals surface area contributed by atoms with Gasteiger partial charge in [0, 0.05) is 30.4 Å². The first-order valence-corrected chi connectivity index (χ1v) is 8.61. The summed E-state index contributed by atoms with van der Waals surface area (Å²) in [5.41, 5.74) is 1.82. The first kappa shape index (κ1) is 16.2. The van der Waals surface area contributed by atoms with Crippen LogP contribution in [0.2, 0.25) is 0 Å². The zero-order chi connectivity index (χ0) is 15.4. The van der Waals surface area contributed by atoms with E-state index < -0.39 is 0 Å². The Morgan fingerprint density at radius 3 is 2.86 bits per heavy atom. The summed E-state index contributed by atoms with van der Waals surface area (Å²) in [4.78, 5) is 14.1. The predicted molar refractivity (Wildman–Crippen MR) is 85.5 cm³/mol. The van der Waals surface area contributed by atoms with E-state index in [0.717, 1.165) is 35.6 Å². The van der Waals surface area contributed by atoms with Gasteiger partial charge in [-0.2, -0.15) is 11.8 Å². The van der Waals surface area contributed by atoms with Crippen LogP contribution in [0, 0.1) is 13.8 Å². The molecule has 0 spiro atoms. The Kier molecular flexibility index (Phi) is 5.56. The Hall–Kier alpha value is -1.17. The normalized spacial score (nSPS) is 21.5. The molecule has 0 radical (unpaired) electrons. The third kappa shape index (κ3) is 3.93. The summed E-state index contributed by atoms with van der Waals surface area (Å²) in [5.74, 6) is 1.93. The minimum Gasteiger partial charge on any atom is -0.361 e. The largest absolute Gasteiger partial charge is 0.361 e. The highest BCUT2D eigenvalue weighted by atomic mass is 32.2. The molecule has 1 aliphatic rings. The van der Waals surface area contributed by atoms with Gasteiger partial charge >= 0.3 is 6.03 Å². The topological polar surface area (TPSA) is 58.4 Å². The monoisotopic (exact) mass is 311 g/mol. The number of nitrogens with zero attached hydrogens (tertiary/aromatic N) is 2. The van der Waals surface area contributed by atoms with E-state index in [1.807, 2.05) is 37.6 Å². The van der Waals surface area contributed by atoms with E-state index in [1.165, 1.54) is 6.42 Å². The molecule has 2 rings (SSSR count). The van der Waals surface area contributed by atoms with Crippen LogP contribution in [-0.2, 0) is 6.54 Å². The Labute approximate surface area is 130 Å². The van der Waals surface area contributed by atoms with Crippen molar-refractivity contribution in [2.75, 3.05) is 12.8 Å². The summed E-state index contributed by atoms with van der Waals surface area (Å²) in [6.45, 7) is 6.43. The maximum atomic E-state index is 12.3. The van der Waals surface area contributed by atoms with Gasteiger partial charge in [-0.1, -0.05) is 12.1 Å². The molecule has 1 N–H and O–H groups in total. The maximum Gasteiger partial charge on any atom is 0.317 e. The zero-order valence-electron chi connectivity index (χ0n) is 13.3. The molecule has 1 fully saturated rings. The maximum absolute atomic E-state index is 12.3. The minimum atomic E-state index is -0.0119. The van der Waals surface area contributed by atoms with Crippen molar-refractivity contribution in [1.29, 1.82) is 0 Å². The number of urea groups is 1. The van der Waals surface area contributed by atoms with Crippen LogP contribution in [0.4, 0.5) is 4.79 Å². The van der Waals surface area contributed by atoms with Crippen molar-refractivity contribution < 1.29 is 9.32 Å². The number of aromatic nitrogens is 1. The van der Waals surface area contributed by atoms with Crippen molar-refractivity contribution in [3.05, 3.63) is 17.0 Å². The minimum absolute atomic E-state index is 0.0119. The lowest BCUT2D eigenvalue weighted by atomic mass is 10.2. The lowest BCUT2D eigenvalue weighted by Crippen LogP contribution is -2.42. The number of nitrogens with one attached hydrogen (secondary N) is 1. The number of hydrogen-bond donors (Lipinski definition) is 1. The number of carbonyl (C=O) groups is 1. The van der Waals surface area contributed by atoms with Crippen LogP contribution in [-0.4, -0.2) is 40.2 Å². The van der Waals surface area contributed by atoms with Gasteiger partial charge in [-0.15, -0.1) is 0 Å². The number of carbonyl (C=O) groups excluding carboxylic acids is 1. The average molecular weight is 311 g/mol. The fourth-order valence-corrected chi connectivity index (χ4v) is 4.00. The number of hydrogen-bond acceptors (Lipinski definition) is 4. The van der Waals surface area contributed by atoms with Gasteiger partial charge in [-0.25, -0.2) is 4.79 Å². The highest BCUT2D eigenvalue weighted by Gasteiger charge is 2.29. The third-order valence-electron chi connectivity index (χ3n) is 4.22. The van der Waals surface area contributed by atoms with Crippen LogP contribution >= 0.6 is 11.8 Å². The van der Waals surface area contributed by atoms with E-state index in [1.54, 1.807) is 0 Å². The van der Waals surface area contributed by atoms with Crippen LogP contribution < -0.4 is 5.32 Å². The van der Waals surface area contributed by atoms with Gasteiger partial charge in [0.2, 0.25) is 0 Å². The number of rotatable bonds is 5. The van der Waals surface area contributed by atoms with Crippen LogP contribution in [0.15, 0.2) is 4.52 Å². The van der Waals surface area contributed by atoms with E-state index in [9.17, 15) is 4.79 Å². The molecule has 1 heterocycles. The van der Waals surface area contributed by atoms with E-state index in [4.69, 9.17) is 4.52 Å². The summed E-state index contributed by atoms with van der Waals surface area (Å²) in [5, 5.41) is 7.58. The van der Waals surface area contributed by atoms with E-state index in [0.29, 0.717) is 17.8 Å². The first-order valence-electron chi connectivity index (χ1n) is 7.57.